The highest BCUT2D eigenvalue weighted by atomic mass is 35.5. The van der Waals surface area contributed by atoms with Crippen LogP contribution in [0.3, 0.4) is 0 Å². The van der Waals surface area contributed by atoms with Gasteiger partial charge in [0.2, 0.25) is 21.8 Å². The highest BCUT2D eigenvalue weighted by Crippen LogP contribution is 2.29. The van der Waals surface area contributed by atoms with E-state index in [0.29, 0.717) is 40.1 Å². The molecule has 1 saturated carbocycles. The summed E-state index contributed by atoms with van der Waals surface area (Å²) < 4.78 is 32.3. The fourth-order valence-electron chi connectivity index (χ4n) is 5.65. The highest BCUT2D eigenvalue weighted by Gasteiger charge is 2.33. The molecule has 0 aliphatic heterocycles. The number of sulfonamides is 1. The Morgan fingerprint density at radius 2 is 1.60 bits per heavy atom. The Kier molecular flexibility index (Phi) is 12.6. The molecule has 1 aliphatic carbocycles. The summed E-state index contributed by atoms with van der Waals surface area (Å²) in [4.78, 5) is 29.6. The van der Waals surface area contributed by atoms with E-state index in [1.54, 1.807) is 47.4 Å². The van der Waals surface area contributed by atoms with Crippen molar-refractivity contribution in [1.82, 2.24) is 10.2 Å². The Morgan fingerprint density at radius 3 is 2.20 bits per heavy atom. The van der Waals surface area contributed by atoms with Crippen LogP contribution < -0.4 is 14.4 Å². The van der Waals surface area contributed by atoms with E-state index in [1.807, 2.05) is 37.3 Å². The average molecular weight is 675 g/mol. The number of nitrogens with zero attached hydrogens (tertiary/aromatic N) is 2. The van der Waals surface area contributed by atoms with Crippen LogP contribution in [0.4, 0.5) is 5.69 Å². The Labute approximate surface area is 276 Å². The lowest BCUT2D eigenvalue weighted by molar-refractivity contribution is -0.141. The Balaban J connectivity index is 1.60. The summed E-state index contributed by atoms with van der Waals surface area (Å²) in [6, 6.07) is 20.7. The number of rotatable bonds is 15. The van der Waals surface area contributed by atoms with Crippen molar-refractivity contribution in [2.75, 3.05) is 23.7 Å². The van der Waals surface area contributed by atoms with Crippen LogP contribution in [0.15, 0.2) is 72.8 Å². The Bertz CT molecular complexity index is 1510. The predicted octanol–water partition coefficient (Wildman–Crippen LogP) is 6.64. The van der Waals surface area contributed by atoms with E-state index in [1.165, 1.54) is 4.31 Å². The first-order valence-electron chi connectivity index (χ1n) is 15.3. The smallest absolute Gasteiger partial charge is 0.243 e. The second-order valence-corrected chi connectivity index (χ2v) is 14.0. The van der Waals surface area contributed by atoms with E-state index in [2.05, 4.69) is 5.32 Å². The quantitative estimate of drug-likeness (QED) is 0.195. The number of amides is 2. The van der Waals surface area contributed by atoms with Gasteiger partial charge in [-0.15, -0.1) is 0 Å². The summed E-state index contributed by atoms with van der Waals surface area (Å²) in [6.45, 7) is 2.48. The van der Waals surface area contributed by atoms with Crippen molar-refractivity contribution in [2.24, 2.45) is 0 Å². The molecule has 0 aromatic heterocycles. The van der Waals surface area contributed by atoms with Crippen LogP contribution in [0.5, 0.6) is 5.75 Å². The zero-order valence-corrected chi connectivity index (χ0v) is 28.1. The van der Waals surface area contributed by atoms with Gasteiger partial charge < -0.3 is 15.0 Å². The maximum absolute atomic E-state index is 14.1. The minimum Gasteiger partial charge on any atom is -0.494 e. The summed E-state index contributed by atoms with van der Waals surface area (Å²) in [5.74, 6) is 0.113. The Morgan fingerprint density at radius 1 is 0.956 bits per heavy atom. The number of ether oxygens (including phenoxy) is 1. The minimum absolute atomic E-state index is 0.00706. The molecule has 1 atom stereocenters. The van der Waals surface area contributed by atoms with Crippen molar-refractivity contribution >= 4 is 50.7 Å². The molecule has 242 valence electrons. The van der Waals surface area contributed by atoms with Gasteiger partial charge >= 0.3 is 0 Å². The monoisotopic (exact) mass is 673 g/mol. The normalized spacial score (nSPS) is 14.1. The summed E-state index contributed by atoms with van der Waals surface area (Å²) in [7, 11) is -3.64. The number of hydrogen-bond acceptors (Lipinski definition) is 5. The fourth-order valence-corrected chi connectivity index (χ4v) is 7.14. The maximum Gasteiger partial charge on any atom is 0.243 e. The van der Waals surface area contributed by atoms with Gasteiger partial charge in [0.1, 0.15) is 11.8 Å². The first-order chi connectivity index (χ1) is 21.6. The zero-order valence-electron chi connectivity index (χ0n) is 25.8. The van der Waals surface area contributed by atoms with Crippen molar-refractivity contribution in [3.8, 4) is 5.75 Å². The van der Waals surface area contributed by atoms with Gasteiger partial charge in [-0.2, -0.15) is 0 Å². The van der Waals surface area contributed by atoms with Crippen LogP contribution >= 0.6 is 23.2 Å². The van der Waals surface area contributed by atoms with Gasteiger partial charge in [0.15, 0.2) is 0 Å². The molecule has 1 unspecified atom stereocenters. The van der Waals surface area contributed by atoms with Gasteiger partial charge in [0, 0.05) is 47.6 Å². The minimum atomic E-state index is -3.64. The van der Waals surface area contributed by atoms with Crippen LogP contribution in [0.2, 0.25) is 10.0 Å². The van der Waals surface area contributed by atoms with Crippen molar-refractivity contribution in [3.63, 3.8) is 0 Å². The molecule has 1 fully saturated rings. The average Bonchev–Trinajstić information content (AvgIpc) is 3.52. The van der Waals surface area contributed by atoms with E-state index in [-0.39, 0.29) is 43.8 Å². The highest BCUT2D eigenvalue weighted by molar-refractivity contribution is 7.92. The molecular formula is C34H41Cl2N3O5S. The van der Waals surface area contributed by atoms with Crippen LogP contribution in [-0.2, 0) is 32.6 Å². The van der Waals surface area contributed by atoms with Gasteiger partial charge in [-0.25, -0.2) is 8.42 Å². The van der Waals surface area contributed by atoms with Gasteiger partial charge in [-0.3, -0.25) is 13.9 Å². The molecule has 45 heavy (non-hydrogen) atoms. The molecule has 0 radical (unpaired) electrons. The van der Waals surface area contributed by atoms with Crippen molar-refractivity contribution in [2.45, 2.75) is 70.5 Å². The standard InChI is InChI=1S/C34H41Cl2N3O5S/c1-3-44-28-20-18-27(19-21-28)39(45(2,42)43)22-10-17-33(40)38(24-29-30(35)15-9-16-31(29)36)32(23-25-11-5-4-6-12-25)34(41)37-26-13-7-8-14-26/h4-6,9,11-12,15-16,18-21,26,32H,3,7-8,10,13-14,17,22-24H2,1-2H3,(H,37,41). The van der Waals surface area contributed by atoms with Gasteiger partial charge in [0.05, 0.1) is 18.6 Å². The molecule has 0 spiro atoms. The fraction of sp³-hybridized carbons (Fsp3) is 0.412. The number of benzene rings is 3. The lowest BCUT2D eigenvalue weighted by Gasteiger charge is -2.33. The Hall–Kier alpha value is -3.27. The lowest BCUT2D eigenvalue weighted by atomic mass is 10.0. The maximum atomic E-state index is 14.1. The summed E-state index contributed by atoms with van der Waals surface area (Å²) in [5, 5.41) is 3.98. The number of carbonyl (C=O) groups is 2. The number of hydrogen-bond donors (Lipinski definition) is 1. The molecule has 11 heteroatoms. The molecule has 1 N–H and O–H groups in total. The van der Waals surface area contributed by atoms with Crippen LogP contribution in [0.25, 0.3) is 0 Å². The molecule has 3 aromatic carbocycles. The third kappa shape index (κ3) is 9.86. The molecule has 0 bridgehead atoms. The second kappa shape index (κ2) is 16.3. The lowest BCUT2D eigenvalue weighted by Crippen LogP contribution is -2.52. The van der Waals surface area contributed by atoms with E-state index in [4.69, 9.17) is 27.9 Å². The van der Waals surface area contributed by atoms with Crippen molar-refractivity contribution < 1.29 is 22.7 Å². The third-order valence-electron chi connectivity index (χ3n) is 7.95. The zero-order chi connectivity index (χ0) is 32.4. The van der Waals surface area contributed by atoms with Gasteiger partial charge in [-0.1, -0.05) is 72.4 Å². The molecule has 8 nitrogen and oxygen atoms in total. The SMILES string of the molecule is CCOc1ccc(N(CCCC(=O)N(Cc2c(Cl)cccc2Cl)C(Cc2ccccc2)C(=O)NC2CCCC2)S(C)(=O)=O)cc1. The summed E-state index contributed by atoms with van der Waals surface area (Å²) in [6.07, 6.45) is 5.59. The van der Waals surface area contributed by atoms with Crippen molar-refractivity contribution in [1.29, 1.82) is 0 Å². The molecule has 4 rings (SSSR count). The van der Waals surface area contributed by atoms with E-state index < -0.39 is 16.1 Å². The molecule has 3 aromatic rings. The van der Waals surface area contributed by atoms with Crippen LogP contribution in [-0.4, -0.2) is 56.6 Å². The van der Waals surface area contributed by atoms with Gasteiger partial charge in [0.25, 0.3) is 0 Å². The number of halogens is 2. The topological polar surface area (TPSA) is 96.0 Å². The number of anilines is 1. The van der Waals surface area contributed by atoms with Gasteiger partial charge in [-0.05, 0) is 68.1 Å². The van der Waals surface area contributed by atoms with E-state index in [0.717, 1.165) is 37.5 Å². The molecule has 2 amide bonds. The number of nitrogens with one attached hydrogen (secondary N) is 1. The van der Waals surface area contributed by atoms with Crippen molar-refractivity contribution in [3.05, 3.63) is 94.0 Å². The molecule has 0 heterocycles. The van der Waals surface area contributed by atoms with Crippen LogP contribution in [0.1, 0.15) is 56.6 Å². The first kappa shape index (κ1) is 34.6. The summed E-state index contributed by atoms with van der Waals surface area (Å²) in [5.41, 5.74) is 1.94. The van der Waals surface area contributed by atoms with E-state index in [9.17, 15) is 18.0 Å². The first-order valence-corrected chi connectivity index (χ1v) is 17.9. The predicted molar refractivity (Wildman–Crippen MR) is 180 cm³/mol. The second-order valence-electron chi connectivity index (χ2n) is 11.3. The molecule has 0 saturated heterocycles. The third-order valence-corrected chi connectivity index (χ3v) is 9.85. The van der Waals surface area contributed by atoms with Crippen LogP contribution in [0, 0.1) is 0 Å². The summed E-state index contributed by atoms with van der Waals surface area (Å²) >= 11 is 13.1. The molecule has 1 aliphatic rings. The van der Waals surface area contributed by atoms with E-state index >= 15 is 0 Å². The number of carbonyl (C=O) groups excluding carboxylic acids is 2. The largest absolute Gasteiger partial charge is 0.494 e. The molecular weight excluding hydrogens is 633 g/mol.